The molecule has 1 aromatic heterocycles. The summed E-state index contributed by atoms with van der Waals surface area (Å²) in [6, 6.07) is 15.4. The fourth-order valence-corrected chi connectivity index (χ4v) is 3.09. The van der Waals surface area contributed by atoms with Crippen molar-refractivity contribution in [3.05, 3.63) is 65.9 Å². The third-order valence-electron chi connectivity index (χ3n) is 3.75. The molecule has 0 saturated carbocycles. The van der Waals surface area contributed by atoms with Gasteiger partial charge in [0.1, 0.15) is 5.75 Å². The molecular formula is C19H16BrNO3. The number of aromatic nitrogens is 1. The monoisotopic (exact) mass is 385 g/mol. The predicted octanol–water partition coefficient (Wildman–Crippen LogP) is 4.79. The van der Waals surface area contributed by atoms with Crippen LogP contribution in [-0.2, 0) is 4.74 Å². The van der Waals surface area contributed by atoms with Gasteiger partial charge in [-0.25, -0.2) is 4.79 Å². The Morgan fingerprint density at radius 2 is 1.79 bits per heavy atom. The van der Waals surface area contributed by atoms with Crippen LogP contribution in [0.1, 0.15) is 15.9 Å². The molecular weight excluding hydrogens is 370 g/mol. The number of benzene rings is 2. The number of methoxy groups -OCH3 is 2. The molecule has 0 atom stereocenters. The molecule has 1 heterocycles. The average Bonchev–Trinajstić information content (AvgIpc) is 3.01. The van der Waals surface area contributed by atoms with Crippen molar-refractivity contribution in [2.75, 3.05) is 14.2 Å². The van der Waals surface area contributed by atoms with E-state index in [1.54, 1.807) is 13.3 Å². The van der Waals surface area contributed by atoms with Crippen LogP contribution in [-0.4, -0.2) is 24.8 Å². The summed E-state index contributed by atoms with van der Waals surface area (Å²) in [5.74, 6) is 0.456. The molecule has 0 bridgehead atoms. The molecule has 0 amide bonds. The highest BCUT2D eigenvalue weighted by Crippen LogP contribution is 2.29. The molecule has 3 aromatic rings. The number of esters is 1. The highest BCUT2D eigenvalue weighted by atomic mass is 79.9. The standard InChI is InChI=1S/C19H16BrNO3/c1-23-14-9-7-13(8-10-14)11-18(20)21-12-16(19(22)24-2)15-5-3-4-6-17(15)21/h3-12H,1-2H3/b18-11-. The second-order valence-corrected chi connectivity index (χ2v) is 5.97. The van der Waals surface area contributed by atoms with Gasteiger partial charge >= 0.3 is 5.97 Å². The summed E-state index contributed by atoms with van der Waals surface area (Å²) in [7, 11) is 3.03. The van der Waals surface area contributed by atoms with Gasteiger partial charge in [0, 0.05) is 11.6 Å². The number of carbonyl (C=O) groups is 1. The molecule has 5 heteroatoms. The van der Waals surface area contributed by atoms with Crippen LogP contribution in [0.15, 0.2) is 54.7 Å². The molecule has 0 radical (unpaired) electrons. The summed E-state index contributed by atoms with van der Waals surface area (Å²) in [5.41, 5.74) is 2.47. The zero-order valence-electron chi connectivity index (χ0n) is 13.3. The number of carbonyl (C=O) groups excluding carboxylic acids is 1. The predicted molar refractivity (Wildman–Crippen MR) is 99.4 cm³/mol. The summed E-state index contributed by atoms with van der Waals surface area (Å²) in [6.07, 6.45) is 3.76. The lowest BCUT2D eigenvalue weighted by molar-refractivity contribution is 0.0603. The van der Waals surface area contributed by atoms with Crippen molar-refractivity contribution in [1.29, 1.82) is 0 Å². The van der Waals surface area contributed by atoms with E-state index in [1.807, 2.05) is 59.2 Å². The van der Waals surface area contributed by atoms with Crippen molar-refractivity contribution in [1.82, 2.24) is 4.57 Å². The van der Waals surface area contributed by atoms with E-state index in [2.05, 4.69) is 15.9 Å². The second kappa shape index (κ2) is 6.93. The fraction of sp³-hybridized carbons (Fsp3) is 0.105. The van der Waals surface area contributed by atoms with Crippen molar-refractivity contribution in [3.63, 3.8) is 0 Å². The number of rotatable bonds is 4. The Hall–Kier alpha value is -2.53. The normalized spacial score (nSPS) is 11.5. The SMILES string of the molecule is COC(=O)c1cn(/C(Br)=C\c2ccc(OC)cc2)c2ccccc12. The smallest absolute Gasteiger partial charge is 0.340 e. The van der Waals surface area contributed by atoms with E-state index in [9.17, 15) is 4.79 Å². The van der Waals surface area contributed by atoms with Crippen LogP contribution >= 0.6 is 15.9 Å². The van der Waals surface area contributed by atoms with Crippen molar-refractivity contribution < 1.29 is 14.3 Å². The molecule has 0 aliphatic heterocycles. The molecule has 24 heavy (non-hydrogen) atoms. The van der Waals surface area contributed by atoms with Gasteiger partial charge in [0.05, 0.1) is 29.9 Å². The number of fused-ring (bicyclic) bond motifs is 1. The summed E-state index contributed by atoms with van der Waals surface area (Å²) >= 11 is 3.60. The maximum absolute atomic E-state index is 12.0. The lowest BCUT2D eigenvalue weighted by Gasteiger charge is -2.05. The highest BCUT2D eigenvalue weighted by Gasteiger charge is 2.16. The molecule has 0 spiro atoms. The first-order valence-electron chi connectivity index (χ1n) is 7.34. The molecule has 4 nitrogen and oxygen atoms in total. The van der Waals surface area contributed by atoms with Gasteiger partial charge in [0.2, 0.25) is 0 Å². The van der Waals surface area contributed by atoms with Crippen LogP contribution in [0.25, 0.3) is 21.6 Å². The molecule has 122 valence electrons. The van der Waals surface area contributed by atoms with Crippen LogP contribution < -0.4 is 4.74 Å². The quantitative estimate of drug-likeness (QED) is 0.606. The van der Waals surface area contributed by atoms with Crippen LogP contribution in [0.2, 0.25) is 0 Å². The fourth-order valence-electron chi connectivity index (χ4n) is 2.54. The highest BCUT2D eigenvalue weighted by molar-refractivity contribution is 9.15. The van der Waals surface area contributed by atoms with Crippen LogP contribution in [0.4, 0.5) is 0 Å². The van der Waals surface area contributed by atoms with Crippen molar-refractivity contribution in [2.24, 2.45) is 0 Å². The van der Waals surface area contributed by atoms with Crippen LogP contribution in [0.3, 0.4) is 0 Å². The van der Waals surface area contributed by atoms with E-state index in [0.717, 1.165) is 26.8 Å². The van der Waals surface area contributed by atoms with Gasteiger partial charge in [0.15, 0.2) is 0 Å². The van der Waals surface area contributed by atoms with Gasteiger partial charge in [-0.3, -0.25) is 0 Å². The number of hydrogen-bond donors (Lipinski definition) is 0. The van der Waals surface area contributed by atoms with Gasteiger partial charge in [-0.05, 0) is 45.8 Å². The minimum Gasteiger partial charge on any atom is -0.497 e. The van der Waals surface area contributed by atoms with Gasteiger partial charge < -0.3 is 14.0 Å². The maximum Gasteiger partial charge on any atom is 0.340 e. The first kappa shape index (κ1) is 16.3. The first-order valence-corrected chi connectivity index (χ1v) is 8.13. The lowest BCUT2D eigenvalue weighted by Crippen LogP contribution is -1.99. The Morgan fingerprint density at radius 3 is 2.46 bits per heavy atom. The molecule has 0 saturated heterocycles. The topological polar surface area (TPSA) is 40.5 Å². The van der Waals surface area contributed by atoms with Crippen molar-refractivity contribution in [3.8, 4) is 5.75 Å². The molecule has 0 N–H and O–H groups in total. The Labute approximate surface area is 148 Å². The Kier molecular flexibility index (Phi) is 4.71. The minimum absolute atomic E-state index is 0.352. The van der Waals surface area contributed by atoms with E-state index < -0.39 is 0 Å². The Balaban J connectivity index is 2.07. The van der Waals surface area contributed by atoms with E-state index in [-0.39, 0.29) is 5.97 Å². The number of hydrogen-bond acceptors (Lipinski definition) is 3. The Bertz CT molecular complexity index is 910. The molecule has 0 unspecified atom stereocenters. The van der Waals surface area contributed by atoms with Gasteiger partial charge in [-0.2, -0.15) is 0 Å². The average molecular weight is 386 g/mol. The van der Waals surface area contributed by atoms with E-state index in [1.165, 1.54) is 7.11 Å². The molecule has 0 aliphatic carbocycles. The molecule has 3 rings (SSSR count). The number of ether oxygens (including phenoxy) is 2. The van der Waals surface area contributed by atoms with E-state index in [0.29, 0.717) is 5.56 Å². The van der Waals surface area contributed by atoms with Crippen LogP contribution in [0.5, 0.6) is 5.75 Å². The number of para-hydroxylation sites is 1. The third kappa shape index (κ3) is 3.08. The summed E-state index contributed by atoms with van der Waals surface area (Å²) in [6.45, 7) is 0. The molecule has 2 aromatic carbocycles. The molecule has 0 fully saturated rings. The lowest BCUT2D eigenvalue weighted by atomic mass is 10.2. The number of nitrogens with zero attached hydrogens (tertiary/aromatic N) is 1. The van der Waals surface area contributed by atoms with Crippen molar-refractivity contribution >= 4 is 43.5 Å². The maximum atomic E-state index is 12.0. The summed E-state index contributed by atoms with van der Waals surface area (Å²) in [5, 5.41) is 0.851. The first-order chi connectivity index (χ1) is 11.6. The third-order valence-corrected chi connectivity index (χ3v) is 4.36. The zero-order chi connectivity index (χ0) is 17.1. The second-order valence-electron chi connectivity index (χ2n) is 5.16. The summed E-state index contributed by atoms with van der Waals surface area (Å²) < 4.78 is 12.8. The van der Waals surface area contributed by atoms with Gasteiger partial charge in [-0.1, -0.05) is 30.3 Å². The zero-order valence-corrected chi connectivity index (χ0v) is 14.9. The van der Waals surface area contributed by atoms with Gasteiger partial charge in [-0.15, -0.1) is 0 Å². The van der Waals surface area contributed by atoms with E-state index in [4.69, 9.17) is 9.47 Å². The van der Waals surface area contributed by atoms with E-state index >= 15 is 0 Å². The van der Waals surface area contributed by atoms with Crippen molar-refractivity contribution in [2.45, 2.75) is 0 Å². The summed E-state index contributed by atoms with van der Waals surface area (Å²) in [4.78, 5) is 12.0. The minimum atomic E-state index is -0.352. The molecule has 0 aliphatic rings. The largest absolute Gasteiger partial charge is 0.497 e. The van der Waals surface area contributed by atoms with Crippen LogP contribution in [0, 0.1) is 0 Å². The Morgan fingerprint density at radius 1 is 1.08 bits per heavy atom. The number of halogens is 1. The van der Waals surface area contributed by atoms with Gasteiger partial charge in [0.25, 0.3) is 0 Å².